The molecule has 0 spiro atoms. The van der Waals surface area contributed by atoms with Crippen molar-refractivity contribution in [2.75, 3.05) is 13.1 Å². The Morgan fingerprint density at radius 3 is 1.71 bits per heavy atom. The van der Waals surface area contributed by atoms with E-state index < -0.39 is 95.4 Å². The van der Waals surface area contributed by atoms with Gasteiger partial charge in [0.2, 0.25) is 35.4 Å². The Bertz CT molecular complexity index is 2440. The number of carbonyl (C=O) groups is 8. The van der Waals surface area contributed by atoms with Crippen molar-refractivity contribution in [3.63, 3.8) is 0 Å². The molecule has 0 bridgehead atoms. The van der Waals surface area contributed by atoms with Crippen LogP contribution in [0.1, 0.15) is 76.0 Å². The second-order valence-corrected chi connectivity index (χ2v) is 17.2. The monoisotopic (exact) mass is 1000 g/mol. The molecule has 5 atom stereocenters. The van der Waals surface area contributed by atoms with Crippen molar-refractivity contribution in [3.05, 3.63) is 107 Å². The van der Waals surface area contributed by atoms with Gasteiger partial charge in [0.25, 0.3) is 5.91 Å². The third kappa shape index (κ3) is 20.5. The van der Waals surface area contributed by atoms with Crippen LogP contribution >= 0.6 is 0 Å². The predicted octanol–water partition coefficient (Wildman–Crippen LogP) is 0.334. The Morgan fingerprint density at radius 1 is 0.639 bits per heavy atom. The van der Waals surface area contributed by atoms with Gasteiger partial charge in [0, 0.05) is 32.4 Å². The molecule has 7 amide bonds. The van der Waals surface area contributed by atoms with Crippen molar-refractivity contribution < 1.29 is 47.1 Å². The number of primary amides is 1. The normalized spacial score (nSPS) is 13.1. The molecule has 0 aliphatic heterocycles. The number of halogens is 2. The molecule has 0 aliphatic carbocycles. The molecule has 0 saturated heterocycles. The van der Waals surface area contributed by atoms with E-state index in [1.54, 1.807) is 38.1 Å². The number of ketones is 1. The fourth-order valence-corrected chi connectivity index (χ4v) is 7.29. The van der Waals surface area contributed by atoms with E-state index in [2.05, 4.69) is 31.3 Å². The number of amides is 7. The second kappa shape index (κ2) is 29.2. The van der Waals surface area contributed by atoms with Gasteiger partial charge in [-0.15, -0.1) is 0 Å². The number of nitrogens with one attached hydrogen (secondary N) is 4. The predicted molar refractivity (Wildman–Crippen MR) is 267 cm³/mol. The van der Waals surface area contributed by atoms with Crippen molar-refractivity contribution in [3.8, 4) is 0 Å². The van der Waals surface area contributed by atoms with Crippen LogP contribution in [0.25, 0.3) is 6.08 Å². The number of rotatable bonds is 28. The molecular weight excluding hydrogens is 937 g/mol. The SMILES string of the molecule is CC(=O)N(C(=O)/C=C/c1ccc(F)cc1)C(Cc1ccc(F)cc1)C(=O)NC(Cc1ccc(N=C(N)N)cc1)C(=O)NC(CC(C)C)C(=O)NC(CCCN=C(N)N)C(=O)NC(CCCN)C(=O)CC(N)=O. The third-order valence-corrected chi connectivity index (χ3v) is 10.8. The number of nitrogens with zero attached hydrogens (tertiary/aromatic N) is 3. The van der Waals surface area contributed by atoms with E-state index in [1.165, 1.54) is 42.5 Å². The molecule has 0 aliphatic rings. The summed E-state index contributed by atoms with van der Waals surface area (Å²) in [5, 5.41) is 10.6. The van der Waals surface area contributed by atoms with Crippen molar-refractivity contribution in [1.82, 2.24) is 26.2 Å². The van der Waals surface area contributed by atoms with Crippen molar-refractivity contribution >= 4 is 70.8 Å². The first-order valence-corrected chi connectivity index (χ1v) is 23.0. The number of Topliss-reactive ketones (excluding diaryl/α,β-unsaturated/α-hetero) is 1. The number of hydrogen-bond acceptors (Lipinski definition) is 11. The highest BCUT2D eigenvalue weighted by Gasteiger charge is 2.36. The zero-order valence-electron chi connectivity index (χ0n) is 40.4. The lowest BCUT2D eigenvalue weighted by molar-refractivity contribution is -0.148. The topological polar surface area (TPSA) is 369 Å². The Kier molecular flexibility index (Phi) is 23.6. The van der Waals surface area contributed by atoms with Crippen LogP contribution in [0.4, 0.5) is 14.5 Å². The van der Waals surface area contributed by atoms with Crippen LogP contribution in [0.2, 0.25) is 0 Å². The minimum absolute atomic E-state index is 0.00418. The number of carbonyl (C=O) groups excluding carboxylic acids is 8. The van der Waals surface area contributed by atoms with Crippen molar-refractivity contribution in [1.29, 1.82) is 0 Å². The first-order valence-electron chi connectivity index (χ1n) is 23.0. The van der Waals surface area contributed by atoms with Gasteiger partial charge in [-0.2, -0.15) is 0 Å². The third-order valence-electron chi connectivity index (χ3n) is 10.8. The highest BCUT2D eigenvalue weighted by Crippen LogP contribution is 2.18. The van der Waals surface area contributed by atoms with Gasteiger partial charge in [-0.25, -0.2) is 13.8 Å². The van der Waals surface area contributed by atoms with Gasteiger partial charge < -0.3 is 55.7 Å². The van der Waals surface area contributed by atoms with Gasteiger partial charge in [0.05, 0.1) is 18.2 Å². The molecule has 3 aromatic carbocycles. The van der Waals surface area contributed by atoms with Crippen LogP contribution in [-0.4, -0.2) is 107 Å². The molecule has 3 rings (SSSR count). The molecule has 5 unspecified atom stereocenters. The lowest BCUT2D eigenvalue weighted by atomic mass is 9.99. The Morgan fingerprint density at radius 2 is 1.15 bits per heavy atom. The Balaban J connectivity index is 2.08. The average molecular weight is 1000 g/mol. The summed E-state index contributed by atoms with van der Waals surface area (Å²) in [6.07, 6.45) is 1.56. The van der Waals surface area contributed by atoms with E-state index in [1.807, 2.05) is 0 Å². The smallest absolute Gasteiger partial charge is 0.253 e. The van der Waals surface area contributed by atoms with Crippen LogP contribution in [0.3, 0.4) is 0 Å². The Labute approximate surface area is 416 Å². The van der Waals surface area contributed by atoms with Gasteiger partial charge in [-0.1, -0.05) is 50.2 Å². The number of imide groups is 1. The quantitative estimate of drug-likeness (QED) is 0.0154. The maximum atomic E-state index is 14.7. The molecule has 21 nitrogen and oxygen atoms in total. The van der Waals surface area contributed by atoms with Gasteiger partial charge in [0.1, 0.15) is 35.8 Å². The van der Waals surface area contributed by atoms with Gasteiger partial charge in [0.15, 0.2) is 17.7 Å². The molecule has 0 fully saturated rings. The molecule has 0 heterocycles. The molecular formula is C49H65F2N13O8. The number of aliphatic imine (C=N–C) groups is 2. The fourth-order valence-electron chi connectivity index (χ4n) is 7.29. The maximum Gasteiger partial charge on any atom is 0.253 e. The lowest BCUT2D eigenvalue weighted by Gasteiger charge is -2.30. The molecule has 388 valence electrons. The van der Waals surface area contributed by atoms with Crippen LogP contribution in [0.5, 0.6) is 0 Å². The molecule has 0 saturated carbocycles. The van der Waals surface area contributed by atoms with Gasteiger partial charge in [-0.05, 0) is 104 Å². The molecule has 23 heteroatoms. The summed E-state index contributed by atoms with van der Waals surface area (Å²) in [7, 11) is 0. The molecule has 72 heavy (non-hydrogen) atoms. The summed E-state index contributed by atoms with van der Waals surface area (Å²) in [6, 6.07) is 9.28. The summed E-state index contributed by atoms with van der Waals surface area (Å²) in [5.74, 6) is -8.73. The van der Waals surface area contributed by atoms with E-state index in [9.17, 15) is 47.1 Å². The minimum Gasteiger partial charge on any atom is -0.370 e. The maximum absolute atomic E-state index is 14.7. The molecule has 0 aromatic heterocycles. The average Bonchev–Trinajstić information content (AvgIpc) is 3.30. The van der Waals surface area contributed by atoms with Crippen molar-refractivity contribution in [2.45, 2.75) is 102 Å². The van der Waals surface area contributed by atoms with Crippen LogP contribution in [0, 0.1) is 17.6 Å². The summed E-state index contributed by atoms with van der Waals surface area (Å²) >= 11 is 0. The van der Waals surface area contributed by atoms with E-state index in [0.717, 1.165) is 25.1 Å². The first-order chi connectivity index (χ1) is 34.1. The van der Waals surface area contributed by atoms with Gasteiger partial charge >= 0.3 is 0 Å². The fraction of sp³-hybridized carbons (Fsp3) is 0.388. The van der Waals surface area contributed by atoms with Crippen LogP contribution in [-0.2, 0) is 51.2 Å². The van der Waals surface area contributed by atoms with E-state index >= 15 is 0 Å². The number of hydrogen-bond donors (Lipinski definition) is 10. The van der Waals surface area contributed by atoms with Crippen molar-refractivity contribution in [2.24, 2.45) is 50.3 Å². The molecule has 3 aromatic rings. The summed E-state index contributed by atoms with van der Waals surface area (Å²) < 4.78 is 27.7. The number of benzene rings is 3. The summed E-state index contributed by atoms with van der Waals surface area (Å²) in [4.78, 5) is 118. The van der Waals surface area contributed by atoms with Crippen LogP contribution in [0.15, 0.2) is 88.9 Å². The lowest BCUT2D eigenvalue weighted by Crippen LogP contribution is -2.60. The molecule has 0 radical (unpaired) electrons. The standard InChI is InChI=1S/C49H65F2N13O8/c1-28(2)24-38(45(70)61-37(7-5-23-58-48(54)55)44(69)60-36(6-4-22-52)41(66)27-42(53)67)62-46(71)39(25-31-12-19-35(20-13-31)59-49(56)57)63-47(72)40(26-32-10-17-34(51)18-11-32)64(29(3)65)43(68)21-14-30-8-15-33(50)16-9-30/h8-21,28,36-40H,4-7,22-27,52H2,1-3H3,(H2,53,67)(H,60,69)(H,61,70)(H,62,71)(H,63,72)(H4,54,55,58)(H4,56,57,59)/b21-14+. The number of nitrogens with two attached hydrogens (primary N) is 6. The summed E-state index contributed by atoms with van der Waals surface area (Å²) in [5.41, 5.74) is 34.5. The Hall–Kier alpha value is -8.08. The zero-order valence-corrected chi connectivity index (χ0v) is 40.4. The highest BCUT2D eigenvalue weighted by atomic mass is 19.1. The first kappa shape index (κ1) is 58.2. The largest absolute Gasteiger partial charge is 0.370 e. The minimum atomic E-state index is -1.64. The summed E-state index contributed by atoms with van der Waals surface area (Å²) in [6.45, 7) is 4.81. The van der Waals surface area contributed by atoms with E-state index in [4.69, 9.17) is 34.4 Å². The van der Waals surface area contributed by atoms with E-state index in [-0.39, 0.29) is 69.5 Å². The second-order valence-electron chi connectivity index (χ2n) is 17.2. The van der Waals surface area contributed by atoms with Crippen LogP contribution < -0.4 is 55.7 Å². The van der Waals surface area contributed by atoms with Gasteiger partial charge in [-0.3, -0.25) is 48.2 Å². The van der Waals surface area contributed by atoms with E-state index in [0.29, 0.717) is 33.7 Å². The highest BCUT2D eigenvalue weighted by molar-refractivity contribution is 6.06. The number of guanidine groups is 2. The molecule has 16 N–H and O–H groups in total. The zero-order chi connectivity index (χ0) is 53.5.